The molecule has 2 nitrogen and oxygen atoms in total. The number of rotatable bonds is 3. The van der Waals surface area contributed by atoms with E-state index < -0.39 is 0 Å². The lowest BCUT2D eigenvalue weighted by atomic mass is 10.0. The standard InChI is InChI=1S/C14H11BrN2/c15-8-7-11-5-6-14(17-10-11)13-4-2-1-3-12(13)9-16/h1-6,10H,7-8H2. The second-order valence-corrected chi connectivity index (χ2v) is 4.44. The average molecular weight is 287 g/mol. The van der Waals surface area contributed by atoms with E-state index in [9.17, 15) is 0 Å². The number of aryl methyl sites for hydroxylation is 1. The molecule has 0 N–H and O–H groups in total. The Morgan fingerprint density at radius 2 is 2.00 bits per heavy atom. The van der Waals surface area contributed by atoms with Gasteiger partial charge in [-0.15, -0.1) is 0 Å². The van der Waals surface area contributed by atoms with E-state index in [1.54, 1.807) is 0 Å². The van der Waals surface area contributed by atoms with Crippen molar-refractivity contribution in [2.45, 2.75) is 6.42 Å². The van der Waals surface area contributed by atoms with E-state index in [1.807, 2.05) is 36.5 Å². The molecule has 0 saturated carbocycles. The second kappa shape index (κ2) is 5.60. The van der Waals surface area contributed by atoms with Crippen molar-refractivity contribution in [2.24, 2.45) is 0 Å². The predicted molar refractivity (Wildman–Crippen MR) is 71.9 cm³/mol. The first kappa shape index (κ1) is 11.8. The third kappa shape index (κ3) is 2.72. The second-order valence-electron chi connectivity index (χ2n) is 3.65. The Kier molecular flexibility index (Phi) is 3.89. The zero-order valence-corrected chi connectivity index (χ0v) is 10.8. The van der Waals surface area contributed by atoms with Gasteiger partial charge in [-0.3, -0.25) is 4.98 Å². The van der Waals surface area contributed by atoms with Crippen LogP contribution in [0.5, 0.6) is 0 Å². The molecule has 1 aromatic carbocycles. The first-order chi connectivity index (χ1) is 8.35. The molecule has 0 aliphatic heterocycles. The van der Waals surface area contributed by atoms with Crippen LogP contribution in [-0.4, -0.2) is 10.3 Å². The van der Waals surface area contributed by atoms with Crippen LogP contribution in [-0.2, 0) is 6.42 Å². The molecule has 0 spiro atoms. The van der Waals surface area contributed by atoms with Gasteiger partial charge < -0.3 is 0 Å². The van der Waals surface area contributed by atoms with Crippen molar-refractivity contribution >= 4 is 15.9 Å². The van der Waals surface area contributed by atoms with Crippen molar-refractivity contribution in [3.63, 3.8) is 0 Å². The normalized spacial score (nSPS) is 9.88. The van der Waals surface area contributed by atoms with Gasteiger partial charge in [-0.2, -0.15) is 5.26 Å². The molecule has 17 heavy (non-hydrogen) atoms. The molecule has 0 unspecified atom stereocenters. The SMILES string of the molecule is N#Cc1ccccc1-c1ccc(CCBr)cn1. The van der Waals surface area contributed by atoms with E-state index >= 15 is 0 Å². The monoisotopic (exact) mass is 286 g/mol. The third-order valence-corrected chi connectivity index (χ3v) is 2.93. The molecular weight excluding hydrogens is 276 g/mol. The number of halogens is 1. The summed E-state index contributed by atoms with van der Waals surface area (Å²) in [6.45, 7) is 0. The number of benzene rings is 1. The minimum atomic E-state index is 0.660. The van der Waals surface area contributed by atoms with Crippen LogP contribution in [0.4, 0.5) is 0 Å². The fourth-order valence-electron chi connectivity index (χ4n) is 1.64. The Morgan fingerprint density at radius 3 is 2.65 bits per heavy atom. The molecule has 0 saturated heterocycles. The van der Waals surface area contributed by atoms with Gasteiger partial charge in [0.1, 0.15) is 0 Å². The maximum atomic E-state index is 9.03. The minimum Gasteiger partial charge on any atom is -0.256 e. The van der Waals surface area contributed by atoms with Crippen LogP contribution >= 0.6 is 15.9 Å². The molecule has 84 valence electrons. The van der Waals surface area contributed by atoms with E-state index in [4.69, 9.17) is 5.26 Å². The summed E-state index contributed by atoms with van der Waals surface area (Å²) in [5.41, 5.74) is 3.59. The molecule has 0 aliphatic carbocycles. The molecule has 2 aromatic rings. The van der Waals surface area contributed by atoms with Crippen LogP contribution in [0, 0.1) is 11.3 Å². The zero-order chi connectivity index (χ0) is 12.1. The van der Waals surface area contributed by atoms with E-state index in [1.165, 1.54) is 5.56 Å². The molecule has 1 aromatic heterocycles. The zero-order valence-electron chi connectivity index (χ0n) is 9.23. The number of nitrogens with zero attached hydrogens (tertiary/aromatic N) is 2. The van der Waals surface area contributed by atoms with Gasteiger partial charge in [-0.25, -0.2) is 0 Å². The third-order valence-electron chi connectivity index (χ3n) is 2.53. The first-order valence-electron chi connectivity index (χ1n) is 5.35. The highest BCUT2D eigenvalue weighted by molar-refractivity contribution is 9.09. The van der Waals surface area contributed by atoms with Gasteiger partial charge in [0.05, 0.1) is 17.3 Å². The van der Waals surface area contributed by atoms with Gasteiger partial charge in [0.25, 0.3) is 0 Å². The van der Waals surface area contributed by atoms with Crippen molar-refractivity contribution in [2.75, 3.05) is 5.33 Å². The Labute approximate surface area is 109 Å². The Morgan fingerprint density at radius 1 is 1.18 bits per heavy atom. The van der Waals surface area contributed by atoms with Crippen molar-refractivity contribution < 1.29 is 0 Å². The summed E-state index contributed by atoms with van der Waals surface area (Å²) < 4.78 is 0. The van der Waals surface area contributed by atoms with Crippen molar-refractivity contribution in [3.8, 4) is 17.3 Å². The molecule has 0 aliphatic rings. The summed E-state index contributed by atoms with van der Waals surface area (Å²) in [5, 5.41) is 9.97. The highest BCUT2D eigenvalue weighted by atomic mass is 79.9. The molecule has 0 fully saturated rings. The maximum absolute atomic E-state index is 9.03. The molecule has 2 rings (SSSR count). The van der Waals surface area contributed by atoms with Crippen molar-refractivity contribution in [1.29, 1.82) is 5.26 Å². The van der Waals surface area contributed by atoms with Crippen LogP contribution in [0.2, 0.25) is 0 Å². The summed E-state index contributed by atoms with van der Waals surface area (Å²) in [4.78, 5) is 4.40. The van der Waals surface area contributed by atoms with E-state index in [0.29, 0.717) is 5.56 Å². The lowest BCUT2D eigenvalue weighted by molar-refractivity contribution is 1.13. The summed E-state index contributed by atoms with van der Waals surface area (Å²) in [7, 11) is 0. The van der Waals surface area contributed by atoms with Crippen LogP contribution in [0.15, 0.2) is 42.6 Å². The van der Waals surface area contributed by atoms with E-state index in [2.05, 4.69) is 33.0 Å². The smallest absolute Gasteiger partial charge is 0.0998 e. The van der Waals surface area contributed by atoms with Crippen molar-refractivity contribution in [1.82, 2.24) is 4.98 Å². The van der Waals surface area contributed by atoms with Gasteiger partial charge in [0.15, 0.2) is 0 Å². The predicted octanol–water partition coefficient (Wildman–Crippen LogP) is 3.56. The summed E-state index contributed by atoms with van der Waals surface area (Å²) >= 11 is 3.40. The van der Waals surface area contributed by atoms with Gasteiger partial charge in [-0.1, -0.05) is 40.2 Å². The molecule has 0 atom stereocenters. The Hall–Kier alpha value is -1.66. The number of alkyl halides is 1. The lowest BCUT2D eigenvalue weighted by Crippen LogP contribution is -1.91. The summed E-state index contributed by atoms with van der Waals surface area (Å²) in [5.74, 6) is 0. The number of aromatic nitrogens is 1. The van der Waals surface area contributed by atoms with Gasteiger partial charge >= 0.3 is 0 Å². The topological polar surface area (TPSA) is 36.7 Å². The van der Waals surface area contributed by atoms with E-state index in [-0.39, 0.29) is 0 Å². The average Bonchev–Trinajstić information content (AvgIpc) is 2.40. The molecule has 1 heterocycles. The molecule has 0 bridgehead atoms. The quantitative estimate of drug-likeness (QED) is 0.809. The fourth-order valence-corrected chi connectivity index (χ4v) is 2.10. The molecular formula is C14H11BrN2. The molecule has 3 heteroatoms. The Balaban J connectivity index is 2.37. The number of nitriles is 1. The van der Waals surface area contributed by atoms with Crippen LogP contribution in [0.1, 0.15) is 11.1 Å². The summed E-state index contributed by atoms with van der Waals surface area (Å²) in [6.07, 6.45) is 2.83. The van der Waals surface area contributed by atoms with Crippen molar-refractivity contribution in [3.05, 3.63) is 53.7 Å². The lowest BCUT2D eigenvalue weighted by Gasteiger charge is -2.04. The largest absolute Gasteiger partial charge is 0.256 e. The first-order valence-corrected chi connectivity index (χ1v) is 6.47. The minimum absolute atomic E-state index is 0.660. The van der Waals surface area contributed by atoms with Gasteiger partial charge in [0.2, 0.25) is 0 Å². The number of hydrogen-bond donors (Lipinski definition) is 0. The molecule has 0 amide bonds. The maximum Gasteiger partial charge on any atom is 0.0998 e. The fraction of sp³-hybridized carbons (Fsp3) is 0.143. The highest BCUT2D eigenvalue weighted by Crippen LogP contribution is 2.21. The number of hydrogen-bond acceptors (Lipinski definition) is 2. The van der Waals surface area contributed by atoms with Gasteiger partial charge in [0, 0.05) is 17.1 Å². The Bertz CT molecular complexity index is 541. The number of pyridine rings is 1. The highest BCUT2D eigenvalue weighted by Gasteiger charge is 2.04. The van der Waals surface area contributed by atoms with Gasteiger partial charge in [-0.05, 0) is 24.1 Å². The van der Waals surface area contributed by atoms with Crippen LogP contribution in [0.25, 0.3) is 11.3 Å². The summed E-state index contributed by atoms with van der Waals surface area (Å²) in [6, 6.07) is 13.7. The van der Waals surface area contributed by atoms with E-state index in [0.717, 1.165) is 23.0 Å². The van der Waals surface area contributed by atoms with Crippen LogP contribution < -0.4 is 0 Å². The molecule has 0 radical (unpaired) electrons. The van der Waals surface area contributed by atoms with Crippen LogP contribution in [0.3, 0.4) is 0 Å².